The van der Waals surface area contributed by atoms with Crippen LogP contribution in [-0.2, 0) is 6.42 Å². The van der Waals surface area contributed by atoms with Crippen molar-refractivity contribution in [3.05, 3.63) is 32.4 Å². The molecular formula is C10H8ClN3S2. The maximum atomic E-state index is 8.72. The predicted molar refractivity (Wildman–Crippen MR) is 68.4 cm³/mol. The van der Waals surface area contributed by atoms with Gasteiger partial charge in [0.15, 0.2) is 10.3 Å². The van der Waals surface area contributed by atoms with Crippen molar-refractivity contribution in [1.82, 2.24) is 4.98 Å². The first-order valence-corrected chi connectivity index (χ1v) is 6.69. The molecule has 0 radical (unpaired) electrons. The first-order valence-electron chi connectivity index (χ1n) is 4.62. The largest absolute Gasteiger partial charge is 0.361 e. The van der Waals surface area contributed by atoms with Gasteiger partial charge in [0, 0.05) is 11.4 Å². The summed E-state index contributed by atoms with van der Waals surface area (Å²) in [6.07, 6.45) is 0.955. The summed E-state index contributed by atoms with van der Waals surface area (Å²) >= 11 is 8.78. The Morgan fingerprint density at radius 2 is 2.44 bits per heavy atom. The highest BCUT2D eigenvalue weighted by atomic mass is 35.5. The minimum Gasteiger partial charge on any atom is -0.361 e. The molecule has 2 heterocycles. The summed E-state index contributed by atoms with van der Waals surface area (Å²) in [5.74, 6) is 0. The molecule has 0 bridgehead atoms. The maximum Gasteiger partial charge on any atom is 0.185 e. The van der Waals surface area contributed by atoms with Crippen LogP contribution >= 0.6 is 34.3 Å². The van der Waals surface area contributed by atoms with Gasteiger partial charge in [0.1, 0.15) is 10.9 Å². The van der Waals surface area contributed by atoms with Crippen LogP contribution in [0.5, 0.6) is 0 Å². The second-order valence-electron chi connectivity index (χ2n) is 3.01. The van der Waals surface area contributed by atoms with Gasteiger partial charge >= 0.3 is 0 Å². The normalized spacial score (nSPS) is 10.0. The second-order valence-corrected chi connectivity index (χ2v) is 5.40. The number of anilines is 1. The molecule has 0 fully saturated rings. The van der Waals surface area contributed by atoms with Crippen LogP contribution in [-0.4, -0.2) is 11.5 Å². The Hall–Kier alpha value is -1.09. The zero-order chi connectivity index (χ0) is 11.4. The van der Waals surface area contributed by atoms with E-state index in [-0.39, 0.29) is 5.15 Å². The molecule has 2 aromatic rings. The zero-order valence-corrected chi connectivity index (χ0v) is 10.6. The lowest BCUT2D eigenvalue weighted by molar-refractivity contribution is 1.04. The van der Waals surface area contributed by atoms with Crippen molar-refractivity contribution in [2.45, 2.75) is 6.42 Å². The first-order chi connectivity index (χ1) is 7.79. The molecule has 0 aliphatic rings. The number of halogens is 1. The number of thiazole rings is 1. The van der Waals surface area contributed by atoms with Crippen molar-refractivity contribution >= 4 is 39.4 Å². The molecule has 0 atom stereocenters. The third kappa shape index (κ3) is 2.73. The molecule has 0 aromatic carbocycles. The number of thiophene rings is 1. The molecule has 0 unspecified atom stereocenters. The molecule has 16 heavy (non-hydrogen) atoms. The standard InChI is InChI=1S/C10H8ClN3S2/c11-9-8(6-12)16-10(14-9)13-4-3-7-2-1-5-15-7/h1-2,5H,3-4H2,(H,13,14). The number of nitriles is 1. The molecule has 6 heteroatoms. The molecule has 0 spiro atoms. The van der Waals surface area contributed by atoms with Crippen molar-refractivity contribution in [2.24, 2.45) is 0 Å². The van der Waals surface area contributed by atoms with E-state index < -0.39 is 0 Å². The van der Waals surface area contributed by atoms with Crippen LogP contribution in [0.1, 0.15) is 9.75 Å². The smallest absolute Gasteiger partial charge is 0.185 e. The van der Waals surface area contributed by atoms with Gasteiger partial charge in [0.25, 0.3) is 0 Å². The number of nitrogens with zero attached hydrogens (tertiary/aromatic N) is 2. The molecule has 2 aromatic heterocycles. The van der Waals surface area contributed by atoms with Crippen LogP contribution in [0.3, 0.4) is 0 Å². The van der Waals surface area contributed by atoms with Gasteiger partial charge in [-0.2, -0.15) is 5.26 Å². The number of aromatic nitrogens is 1. The summed E-state index contributed by atoms with van der Waals surface area (Å²) in [6, 6.07) is 6.14. The average molecular weight is 270 g/mol. The van der Waals surface area contributed by atoms with E-state index in [2.05, 4.69) is 21.7 Å². The van der Waals surface area contributed by atoms with Crippen LogP contribution in [0.15, 0.2) is 17.5 Å². The molecule has 0 saturated heterocycles. The summed E-state index contributed by atoms with van der Waals surface area (Å²) in [5, 5.41) is 14.9. The summed E-state index contributed by atoms with van der Waals surface area (Å²) in [6.45, 7) is 0.801. The van der Waals surface area contributed by atoms with Crippen molar-refractivity contribution in [2.75, 3.05) is 11.9 Å². The highest BCUT2D eigenvalue weighted by molar-refractivity contribution is 7.16. The average Bonchev–Trinajstić information content (AvgIpc) is 2.88. The molecule has 1 N–H and O–H groups in total. The van der Waals surface area contributed by atoms with E-state index in [0.717, 1.165) is 13.0 Å². The Kier molecular flexibility index (Phi) is 3.78. The molecule has 82 valence electrons. The Morgan fingerprint density at radius 1 is 1.56 bits per heavy atom. The lowest BCUT2D eigenvalue weighted by Gasteiger charge is -1.99. The minimum absolute atomic E-state index is 0.283. The fourth-order valence-corrected chi connectivity index (χ4v) is 2.88. The highest BCUT2D eigenvalue weighted by Crippen LogP contribution is 2.25. The molecule has 0 amide bonds. The van der Waals surface area contributed by atoms with E-state index in [1.165, 1.54) is 16.2 Å². The van der Waals surface area contributed by atoms with E-state index in [4.69, 9.17) is 16.9 Å². The Morgan fingerprint density at radius 3 is 3.06 bits per heavy atom. The fourth-order valence-electron chi connectivity index (χ4n) is 1.19. The summed E-state index contributed by atoms with van der Waals surface area (Å²) in [5.41, 5.74) is 0. The van der Waals surface area contributed by atoms with Gasteiger partial charge in [-0.15, -0.1) is 11.3 Å². The molecule has 0 saturated carbocycles. The first kappa shape index (κ1) is 11.4. The van der Waals surface area contributed by atoms with Crippen LogP contribution in [0.4, 0.5) is 5.13 Å². The van der Waals surface area contributed by atoms with E-state index in [1.54, 1.807) is 11.3 Å². The van der Waals surface area contributed by atoms with Gasteiger partial charge in [-0.25, -0.2) is 4.98 Å². The van der Waals surface area contributed by atoms with Crippen molar-refractivity contribution in [1.29, 1.82) is 5.26 Å². The number of rotatable bonds is 4. The van der Waals surface area contributed by atoms with Gasteiger partial charge in [-0.1, -0.05) is 29.0 Å². The number of hydrogen-bond donors (Lipinski definition) is 1. The Bertz CT molecular complexity index is 499. The Labute approximate surface area is 106 Å². The molecule has 3 nitrogen and oxygen atoms in total. The third-order valence-electron chi connectivity index (χ3n) is 1.92. The van der Waals surface area contributed by atoms with Crippen LogP contribution < -0.4 is 5.32 Å². The van der Waals surface area contributed by atoms with Crippen molar-refractivity contribution in [3.63, 3.8) is 0 Å². The molecule has 0 aliphatic heterocycles. The Balaban J connectivity index is 1.88. The molecular weight excluding hydrogens is 262 g/mol. The van der Waals surface area contributed by atoms with Gasteiger partial charge < -0.3 is 5.32 Å². The van der Waals surface area contributed by atoms with E-state index in [0.29, 0.717) is 10.0 Å². The predicted octanol–water partition coefficient (Wildman–Crippen LogP) is 3.38. The lowest BCUT2D eigenvalue weighted by atomic mass is 10.3. The SMILES string of the molecule is N#Cc1sc(NCCc2cccs2)nc1Cl. The lowest BCUT2D eigenvalue weighted by Crippen LogP contribution is -2.03. The second kappa shape index (κ2) is 5.30. The van der Waals surface area contributed by atoms with Crippen LogP contribution in [0.25, 0.3) is 0 Å². The van der Waals surface area contributed by atoms with E-state index >= 15 is 0 Å². The summed E-state index contributed by atoms with van der Waals surface area (Å²) in [7, 11) is 0. The maximum absolute atomic E-state index is 8.72. The fraction of sp³-hybridized carbons (Fsp3) is 0.200. The number of hydrogen-bond acceptors (Lipinski definition) is 5. The monoisotopic (exact) mass is 269 g/mol. The van der Waals surface area contributed by atoms with Gasteiger partial charge in [-0.05, 0) is 17.9 Å². The topological polar surface area (TPSA) is 48.7 Å². The van der Waals surface area contributed by atoms with Gasteiger partial charge in [0.2, 0.25) is 0 Å². The number of nitrogens with one attached hydrogen (secondary N) is 1. The summed E-state index contributed by atoms with van der Waals surface area (Å²) < 4.78 is 0. The van der Waals surface area contributed by atoms with E-state index in [9.17, 15) is 0 Å². The van der Waals surface area contributed by atoms with Crippen molar-refractivity contribution < 1.29 is 0 Å². The molecule has 2 rings (SSSR count). The molecule has 0 aliphatic carbocycles. The van der Waals surface area contributed by atoms with Gasteiger partial charge in [-0.3, -0.25) is 0 Å². The highest BCUT2D eigenvalue weighted by Gasteiger charge is 2.07. The quantitative estimate of drug-likeness (QED) is 0.926. The summed E-state index contributed by atoms with van der Waals surface area (Å²) in [4.78, 5) is 5.84. The minimum atomic E-state index is 0.283. The van der Waals surface area contributed by atoms with E-state index in [1.807, 2.05) is 12.1 Å². The van der Waals surface area contributed by atoms with Crippen LogP contribution in [0, 0.1) is 11.3 Å². The third-order valence-corrected chi connectivity index (χ3v) is 4.15. The van der Waals surface area contributed by atoms with Crippen molar-refractivity contribution in [3.8, 4) is 6.07 Å². The zero-order valence-electron chi connectivity index (χ0n) is 8.24. The van der Waals surface area contributed by atoms with Crippen LogP contribution in [0.2, 0.25) is 5.15 Å². The van der Waals surface area contributed by atoms with Gasteiger partial charge in [0.05, 0.1) is 0 Å².